The summed E-state index contributed by atoms with van der Waals surface area (Å²) >= 11 is 1.79. The van der Waals surface area contributed by atoms with Crippen LogP contribution in [0.15, 0.2) is 77.7 Å². The number of hydrogen-bond acceptors (Lipinski definition) is 3. The van der Waals surface area contributed by atoms with E-state index in [-0.39, 0.29) is 5.91 Å². The van der Waals surface area contributed by atoms with Crippen LogP contribution in [0.1, 0.15) is 23.6 Å². The molecular weight excluding hydrogens is 366 g/mol. The molecule has 0 saturated carbocycles. The van der Waals surface area contributed by atoms with Crippen molar-refractivity contribution in [3.63, 3.8) is 0 Å². The van der Waals surface area contributed by atoms with Gasteiger partial charge in [-0.1, -0.05) is 48.0 Å². The van der Waals surface area contributed by atoms with E-state index in [1.807, 2.05) is 74.5 Å². The van der Waals surface area contributed by atoms with Crippen molar-refractivity contribution in [3.8, 4) is 5.75 Å². The summed E-state index contributed by atoms with van der Waals surface area (Å²) in [7, 11) is 0. The van der Waals surface area contributed by atoms with E-state index in [9.17, 15) is 4.79 Å². The Morgan fingerprint density at radius 3 is 2.39 bits per heavy atom. The molecule has 3 rings (SSSR count). The number of hydrogen-bond donors (Lipinski definition) is 1. The summed E-state index contributed by atoms with van der Waals surface area (Å²) in [4.78, 5) is 13.7. The minimum atomic E-state index is -0.574. The van der Waals surface area contributed by atoms with Crippen molar-refractivity contribution in [2.45, 2.75) is 37.5 Å². The Kier molecular flexibility index (Phi) is 6.77. The van der Waals surface area contributed by atoms with Crippen molar-refractivity contribution in [3.05, 3.63) is 89.5 Å². The van der Waals surface area contributed by atoms with Crippen LogP contribution in [-0.4, -0.2) is 12.0 Å². The number of rotatable bonds is 7. The standard InChI is InChI=1S/C24H25NO2S/c1-17-9-14-23(18(2)15-17)27-19(3)24(26)25-21-12-10-20(11-13-21)16-28-22-7-5-4-6-8-22/h4-15,19H,16H2,1-3H3,(H,25,26)/t19-/m1/s1. The molecule has 0 bridgehead atoms. The Morgan fingerprint density at radius 2 is 1.71 bits per heavy atom. The number of carbonyl (C=O) groups is 1. The van der Waals surface area contributed by atoms with Gasteiger partial charge in [0.05, 0.1) is 0 Å². The minimum Gasteiger partial charge on any atom is -0.481 e. The van der Waals surface area contributed by atoms with E-state index in [2.05, 4.69) is 17.4 Å². The fourth-order valence-corrected chi connectivity index (χ4v) is 3.66. The molecule has 1 N–H and O–H groups in total. The average molecular weight is 392 g/mol. The summed E-state index contributed by atoms with van der Waals surface area (Å²) in [5.41, 5.74) is 4.19. The number of anilines is 1. The van der Waals surface area contributed by atoms with Gasteiger partial charge in [-0.15, -0.1) is 11.8 Å². The van der Waals surface area contributed by atoms with E-state index < -0.39 is 6.10 Å². The van der Waals surface area contributed by atoms with Crippen LogP contribution in [-0.2, 0) is 10.5 Å². The molecule has 3 aromatic carbocycles. The van der Waals surface area contributed by atoms with Crippen LogP contribution >= 0.6 is 11.8 Å². The lowest BCUT2D eigenvalue weighted by molar-refractivity contribution is -0.122. The van der Waals surface area contributed by atoms with Crippen molar-refractivity contribution in [1.29, 1.82) is 0 Å². The predicted octanol–water partition coefficient (Wildman–Crippen LogP) is 6.00. The number of ether oxygens (including phenoxy) is 1. The molecule has 0 aromatic heterocycles. The van der Waals surface area contributed by atoms with Crippen LogP contribution in [0.3, 0.4) is 0 Å². The fraction of sp³-hybridized carbons (Fsp3) is 0.208. The SMILES string of the molecule is Cc1ccc(O[C@H](C)C(=O)Nc2ccc(CSc3ccccc3)cc2)c(C)c1. The van der Waals surface area contributed by atoms with Crippen molar-refractivity contribution in [2.75, 3.05) is 5.32 Å². The average Bonchev–Trinajstić information content (AvgIpc) is 2.70. The maximum Gasteiger partial charge on any atom is 0.265 e. The summed E-state index contributed by atoms with van der Waals surface area (Å²) in [6.45, 7) is 5.79. The first-order valence-electron chi connectivity index (χ1n) is 9.33. The lowest BCUT2D eigenvalue weighted by Crippen LogP contribution is -2.30. The second kappa shape index (κ2) is 9.47. The van der Waals surface area contributed by atoms with E-state index in [0.717, 1.165) is 22.8 Å². The highest BCUT2D eigenvalue weighted by Crippen LogP contribution is 2.23. The molecule has 0 unspecified atom stereocenters. The zero-order chi connectivity index (χ0) is 19.9. The molecule has 0 fully saturated rings. The lowest BCUT2D eigenvalue weighted by Gasteiger charge is -2.16. The molecule has 144 valence electrons. The number of thioether (sulfide) groups is 1. The molecule has 0 aliphatic carbocycles. The highest BCUT2D eigenvalue weighted by atomic mass is 32.2. The quantitative estimate of drug-likeness (QED) is 0.502. The number of benzene rings is 3. The summed E-state index contributed by atoms with van der Waals surface area (Å²) in [6.07, 6.45) is -0.574. The third kappa shape index (κ3) is 5.64. The predicted molar refractivity (Wildman–Crippen MR) is 117 cm³/mol. The molecule has 0 aliphatic rings. The molecule has 3 nitrogen and oxygen atoms in total. The highest BCUT2D eigenvalue weighted by molar-refractivity contribution is 7.98. The third-order valence-corrected chi connectivity index (χ3v) is 5.46. The van der Waals surface area contributed by atoms with Gasteiger partial charge in [-0.25, -0.2) is 0 Å². The highest BCUT2D eigenvalue weighted by Gasteiger charge is 2.16. The largest absolute Gasteiger partial charge is 0.481 e. The van der Waals surface area contributed by atoms with Gasteiger partial charge in [0.2, 0.25) is 0 Å². The van der Waals surface area contributed by atoms with Gasteiger partial charge in [0, 0.05) is 16.3 Å². The van der Waals surface area contributed by atoms with Gasteiger partial charge in [0.15, 0.2) is 6.10 Å². The van der Waals surface area contributed by atoms with E-state index in [1.54, 1.807) is 18.7 Å². The second-order valence-corrected chi connectivity index (χ2v) is 7.87. The molecule has 0 saturated heterocycles. The smallest absolute Gasteiger partial charge is 0.265 e. The topological polar surface area (TPSA) is 38.3 Å². The molecule has 28 heavy (non-hydrogen) atoms. The third-order valence-electron chi connectivity index (χ3n) is 4.37. The molecule has 3 aromatic rings. The maximum absolute atomic E-state index is 12.5. The second-order valence-electron chi connectivity index (χ2n) is 6.82. The van der Waals surface area contributed by atoms with Gasteiger partial charge >= 0.3 is 0 Å². The maximum atomic E-state index is 12.5. The molecule has 4 heteroatoms. The van der Waals surface area contributed by atoms with E-state index >= 15 is 0 Å². The van der Waals surface area contributed by atoms with Crippen molar-refractivity contribution in [1.82, 2.24) is 0 Å². The van der Waals surface area contributed by atoms with Gasteiger partial charge < -0.3 is 10.1 Å². The van der Waals surface area contributed by atoms with Crippen LogP contribution in [0, 0.1) is 13.8 Å². The summed E-state index contributed by atoms with van der Waals surface area (Å²) in [5.74, 6) is 1.47. The van der Waals surface area contributed by atoms with Gasteiger partial charge in [0.25, 0.3) is 5.91 Å². The molecular formula is C24H25NO2S. The molecule has 0 radical (unpaired) electrons. The Balaban J connectivity index is 1.53. The summed E-state index contributed by atoms with van der Waals surface area (Å²) < 4.78 is 5.83. The molecule has 1 amide bonds. The first-order valence-corrected chi connectivity index (χ1v) is 10.3. The number of carbonyl (C=O) groups excluding carboxylic acids is 1. The summed E-state index contributed by atoms with van der Waals surface area (Å²) in [5, 5.41) is 2.92. The zero-order valence-corrected chi connectivity index (χ0v) is 17.3. The lowest BCUT2D eigenvalue weighted by atomic mass is 10.1. The normalized spacial score (nSPS) is 11.7. The monoisotopic (exact) mass is 391 g/mol. The van der Waals surface area contributed by atoms with Crippen molar-refractivity contribution >= 4 is 23.4 Å². The van der Waals surface area contributed by atoms with Crippen LogP contribution in [0.4, 0.5) is 5.69 Å². The number of amides is 1. The molecule has 0 aliphatic heterocycles. The van der Waals surface area contributed by atoms with E-state index in [0.29, 0.717) is 0 Å². The van der Waals surface area contributed by atoms with E-state index in [4.69, 9.17) is 4.74 Å². The fourth-order valence-electron chi connectivity index (χ4n) is 2.79. The summed E-state index contributed by atoms with van der Waals surface area (Å²) in [6, 6.07) is 24.2. The van der Waals surface area contributed by atoms with Crippen LogP contribution in [0.25, 0.3) is 0 Å². The van der Waals surface area contributed by atoms with Crippen LogP contribution in [0.2, 0.25) is 0 Å². The number of nitrogens with one attached hydrogen (secondary N) is 1. The minimum absolute atomic E-state index is 0.161. The Hall–Kier alpha value is -2.72. The molecule has 1 atom stereocenters. The van der Waals surface area contributed by atoms with Crippen LogP contribution in [0.5, 0.6) is 5.75 Å². The van der Waals surface area contributed by atoms with E-state index in [1.165, 1.54) is 16.0 Å². The number of aryl methyl sites for hydroxylation is 2. The van der Waals surface area contributed by atoms with Crippen LogP contribution < -0.4 is 10.1 Å². The zero-order valence-electron chi connectivity index (χ0n) is 16.4. The van der Waals surface area contributed by atoms with Gasteiger partial charge in [0.1, 0.15) is 5.75 Å². The van der Waals surface area contributed by atoms with Gasteiger partial charge in [-0.05, 0) is 62.2 Å². The Bertz CT molecular complexity index is 923. The van der Waals surface area contributed by atoms with Gasteiger partial charge in [-0.3, -0.25) is 4.79 Å². The first kappa shape index (κ1) is 20.0. The van der Waals surface area contributed by atoms with Gasteiger partial charge in [-0.2, -0.15) is 0 Å². The first-order chi connectivity index (χ1) is 13.5. The Morgan fingerprint density at radius 1 is 1.00 bits per heavy atom. The Labute approximate surface area is 171 Å². The molecule has 0 spiro atoms. The van der Waals surface area contributed by atoms with Crippen molar-refractivity contribution in [2.24, 2.45) is 0 Å². The molecule has 0 heterocycles. The van der Waals surface area contributed by atoms with Crippen molar-refractivity contribution < 1.29 is 9.53 Å².